The first kappa shape index (κ1) is 13.0. The number of aryl methyl sites for hydroxylation is 1. The highest BCUT2D eigenvalue weighted by Crippen LogP contribution is 2.10. The third-order valence-corrected chi connectivity index (χ3v) is 2.43. The molecule has 2 amide bonds. The molecule has 0 saturated carbocycles. The second-order valence-electron chi connectivity index (χ2n) is 4.18. The van der Waals surface area contributed by atoms with Gasteiger partial charge in [0.15, 0.2) is 0 Å². The van der Waals surface area contributed by atoms with Crippen molar-refractivity contribution < 1.29 is 4.79 Å². The molecule has 17 heavy (non-hydrogen) atoms. The van der Waals surface area contributed by atoms with Gasteiger partial charge in [-0.25, -0.2) is 4.79 Å². The quantitative estimate of drug-likeness (QED) is 0.813. The van der Waals surface area contributed by atoms with Gasteiger partial charge in [0.1, 0.15) is 6.54 Å². The molecule has 0 aliphatic carbocycles. The standard InChI is InChI=1S/C13H17N3O/c1-10(2)16(9-8-14)13(17)15-12-6-4-11(3)5-7-12/h4-7,10H,9H2,1-3H3,(H,15,17). The predicted octanol–water partition coefficient (Wildman–Crippen LogP) is 2.76. The molecular weight excluding hydrogens is 214 g/mol. The van der Waals surface area contributed by atoms with Gasteiger partial charge in [0.25, 0.3) is 0 Å². The van der Waals surface area contributed by atoms with Gasteiger partial charge in [0.2, 0.25) is 0 Å². The lowest BCUT2D eigenvalue weighted by molar-refractivity contribution is 0.205. The number of hydrogen-bond donors (Lipinski definition) is 1. The summed E-state index contributed by atoms with van der Waals surface area (Å²) in [6.07, 6.45) is 0. The minimum absolute atomic E-state index is 0.0000911. The van der Waals surface area contributed by atoms with Crippen LogP contribution in [-0.4, -0.2) is 23.5 Å². The van der Waals surface area contributed by atoms with Crippen LogP contribution in [-0.2, 0) is 0 Å². The number of rotatable bonds is 3. The van der Waals surface area contributed by atoms with Crippen LogP contribution in [0, 0.1) is 18.3 Å². The van der Waals surface area contributed by atoms with Gasteiger partial charge in [-0.15, -0.1) is 0 Å². The Hall–Kier alpha value is -2.02. The maximum absolute atomic E-state index is 11.9. The van der Waals surface area contributed by atoms with Gasteiger partial charge in [-0.05, 0) is 32.9 Å². The van der Waals surface area contributed by atoms with Gasteiger partial charge >= 0.3 is 6.03 Å². The van der Waals surface area contributed by atoms with Crippen molar-refractivity contribution in [1.82, 2.24) is 4.90 Å². The molecule has 1 aromatic rings. The number of nitriles is 1. The Morgan fingerprint density at radius 3 is 2.47 bits per heavy atom. The van der Waals surface area contributed by atoms with E-state index in [9.17, 15) is 4.79 Å². The Bertz CT molecular complexity index is 417. The number of amides is 2. The summed E-state index contributed by atoms with van der Waals surface area (Å²) in [5, 5.41) is 11.4. The monoisotopic (exact) mass is 231 g/mol. The van der Waals surface area contributed by atoms with E-state index in [1.807, 2.05) is 51.1 Å². The molecule has 1 N–H and O–H groups in total. The number of anilines is 1. The summed E-state index contributed by atoms with van der Waals surface area (Å²) < 4.78 is 0. The van der Waals surface area contributed by atoms with E-state index in [1.165, 1.54) is 4.90 Å². The second kappa shape index (κ2) is 5.90. The molecule has 0 atom stereocenters. The fraction of sp³-hybridized carbons (Fsp3) is 0.385. The molecule has 0 heterocycles. The Balaban J connectivity index is 2.70. The van der Waals surface area contributed by atoms with E-state index >= 15 is 0 Å². The normalized spacial score (nSPS) is 9.82. The average Bonchev–Trinajstić information content (AvgIpc) is 2.28. The van der Waals surface area contributed by atoms with E-state index in [-0.39, 0.29) is 18.6 Å². The Morgan fingerprint density at radius 2 is 2.00 bits per heavy atom. The van der Waals surface area contributed by atoms with E-state index in [2.05, 4.69) is 5.32 Å². The highest BCUT2D eigenvalue weighted by atomic mass is 16.2. The third-order valence-electron chi connectivity index (χ3n) is 2.43. The van der Waals surface area contributed by atoms with Crippen molar-refractivity contribution in [2.45, 2.75) is 26.8 Å². The number of nitrogens with one attached hydrogen (secondary N) is 1. The van der Waals surface area contributed by atoms with Gasteiger partial charge in [-0.3, -0.25) is 0 Å². The van der Waals surface area contributed by atoms with Crippen molar-refractivity contribution in [2.24, 2.45) is 0 Å². The van der Waals surface area contributed by atoms with Crippen molar-refractivity contribution in [1.29, 1.82) is 5.26 Å². The molecule has 1 rings (SSSR count). The minimum atomic E-state index is -0.245. The topological polar surface area (TPSA) is 56.1 Å². The highest BCUT2D eigenvalue weighted by molar-refractivity contribution is 5.89. The number of carbonyl (C=O) groups is 1. The first-order valence-corrected chi connectivity index (χ1v) is 5.56. The van der Waals surface area contributed by atoms with Crippen LogP contribution < -0.4 is 5.32 Å². The van der Waals surface area contributed by atoms with Crippen LogP contribution in [0.5, 0.6) is 0 Å². The number of carbonyl (C=O) groups excluding carboxylic acids is 1. The molecule has 0 radical (unpaired) electrons. The fourth-order valence-corrected chi connectivity index (χ4v) is 1.40. The molecule has 4 nitrogen and oxygen atoms in total. The Kier molecular flexibility index (Phi) is 4.53. The van der Waals surface area contributed by atoms with E-state index in [0.717, 1.165) is 11.3 Å². The number of nitrogens with zero attached hydrogens (tertiary/aromatic N) is 2. The summed E-state index contributed by atoms with van der Waals surface area (Å²) in [6.45, 7) is 5.84. The molecule has 0 spiro atoms. The molecule has 0 aromatic heterocycles. The molecule has 0 aliphatic heterocycles. The van der Waals surface area contributed by atoms with Crippen LogP contribution in [0.4, 0.5) is 10.5 Å². The smallest absolute Gasteiger partial charge is 0.309 e. The molecule has 0 saturated heterocycles. The van der Waals surface area contributed by atoms with Crippen LogP contribution in [0.25, 0.3) is 0 Å². The zero-order valence-corrected chi connectivity index (χ0v) is 10.4. The van der Waals surface area contributed by atoms with Crippen LogP contribution in [0.3, 0.4) is 0 Å². The average molecular weight is 231 g/mol. The summed E-state index contributed by atoms with van der Waals surface area (Å²) in [6, 6.07) is 9.30. The number of urea groups is 1. The van der Waals surface area contributed by atoms with Crippen molar-refractivity contribution in [3.63, 3.8) is 0 Å². The number of hydrogen-bond acceptors (Lipinski definition) is 2. The van der Waals surface area contributed by atoms with Gasteiger partial charge < -0.3 is 10.2 Å². The highest BCUT2D eigenvalue weighted by Gasteiger charge is 2.16. The summed E-state index contributed by atoms with van der Waals surface area (Å²) in [7, 11) is 0. The SMILES string of the molecule is Cc1ccc(NC(=O)N(CC#N)C(C)C)cc1. The van der Waals surface area contributed by atoms with Crippen LogP contribution in [0.1, 0.15) is 19.4 Å². The lowest BCUT2D eigenvalue weighted by Crippen LogP contribution is -2.40. The molecule has 0 bridgehead atoms. The zero-order valence-electron chi connectivity index (χ0n) is 10.4. The van der Waals surface area contributed by atoms with Gasteiger partial charge in [-0.1, -0.05) is 17.7 Å². The van der Waals surface area contributed by atoms with Crippen LogP contribution in [0.2, 0.25) is 0 Å². The minimum Gasteiger partial charge on any atom is -0.309 e. The Morgan fingerprint density at radius 1 is 1.41 bits per heavy atom. The first-order chi connectivity index (χ1) is 8.04. The molecule has 90 valence electrons. The summed E-state index contributed by atoms with van der Waals surface area (Å²) >= 11 is 0. The van der Waals surface area contributed by atoms with Crippen LogP contribution in [0.15, 0.2) is 24.3 Å². The fourth-order valence-electron chi connectivity index (χ4n) is 1.40. The molecule has 0 fully saturated rings. The maximum Gasteiger partial charge on any atom is 0.322 e. The van der Waals surface area contributed by atoms with Crippen LogP contribution >= 0.6 is 0 Å². The van der Waals surface area contributed by atoms with E-state index in [1.54, 1.807) is 0 Å². The van der Waals surface area contributed by atoms with E-state index in [4.69, 9.17) is 5.26 Å². The molecule has 0 unspecified atom stereocenters. The number of benzene rings is 1. The predicted molar refractivity (Wildman–Crippen MR) is 67.7 cm³/mol. The maximum atomic E-state index is 11.9. The zero-order chi connectivity index (χ0) is 12.8. The Labute approximate surface area is 102 Å². The molecular formula is C13H17N3O. The molecule has 1 aromatic carbocycles. The van der Waals surface area contributed by atoms with Crippen molar-refractivity contribution >= 4 is 11.7 Å². The van der Waals surface area contributed by atoms with Gasteiger partial charge in [0.05, 0.1) is 6.07 Å². The second-order valence-corrected chi connectivity index (χ2v) is 4.18. The van der Waals surface area contributed by atoms with E-state index < -0.39 is 0 Å². The van der Waals surface area contributed by atoms with E-state index in [0.29, 0.717) is 0 Å². The molecule has 0 aliphatic rings. The third kappa shape index (κ3) is 3.80. The van der Waals surface area contributed by atoms with Crippen molar-refractivity contribution in [2.75, 3.05) is 11.9 Å². The van der Waals surface area contributed by atoms with Crippen molar-refractivity contribution in [3.8, 4) is 6.07 Å². The van der Waals surface area contributed by atoms with Crippen molar-refractivity contribution in [3.05, 3.63) is 29.8 Å². The van der Waals surface area contributed by atoms with Gasteiger partial charge in [0, 0.05) is 11.7 Å². The van der Waals surface area contributed by atoms with Gasteiger partial charge in [-0.2, -0.15) is 5.26 Å². The summed E-state index contributed by atoms with van der Waals surface area (Å²) in [5.41, 5.74) is 1.88. The first-order valence-electron chi connectivity index (χ1n) is 5.56. The lowest BCUT2D eigenvalue weighted by Gasteiger charge is -2.24. The summed E-state index contributed by atoms with van der Waals surface area (Å²) in [4.78, 5) is 13.4. The largest absolute Gasteiger partial charge is 0.322 e. The molecule has 4 heteroatoms. The summed E-state index contributed by atoms with van der Waals surface area (Å²) in [5.74, 6) is 0. The lowest BCUT2D eigenvalue weighted by atomic mass is 10.2.